The third-order valence-electron chi connectivity index (χ3n) is 4.63. The van der Waals surface area contributed by atoms with Crippen molar-refractivity contribution in [1.29, 1.82) is 0 Å². The molecule has 2 N–H and O–H groups in total. The molecule has 0 aliphatic rings. The van der Waals surface area contributed by atoms with E-state index in [0.29, 0.717) is 22.6 Å². The molecule has 158 valence electrons. The van der Waals surface area contributed by atoms with Gasteiger partial charge in [0, 0.05) is 28.5 Å². The largest absolute Gasteiger partial charge is 0.494 e. The van der Waals surface area contributed by atoms with Crippen LogP contribution in [0, 0.1) is 0 Å². The Balaban J connectivity index is 1.65. The van der Waals surface area contributed by atoms with Gasteiger partial charge in [0.25, 0.3) is 0 Å². The zero-order valence-corrected chi connectivity index (χ0v) is 18.7. The van der Waals surface area contributed by atoms with Gasteiger partial charge in [-0.25, -0.2) is 15.0 Å². The lowest BCUT2D eigenvalue weighted by Crippen LogP contribution is -2.01. The summed E-state index contributed by atoms with van der Waals surface area (Å²) in [6.07, 6.45) is 6.20. The number of anilines is 1. The maximum Gasteiger partial charge on any atom is 0.180 e. The molecule has 3 aromatic heterocycles. The van der Waals surface area contributed by atoms with Crippen molar-refractivity contribution in [3.8, 4) is 28.5 Å². The summed E-state index contributed by atoms with van der Waals surface area (Å²) in [5.41, 5.74) is 8.99. The summed E-state index contributed by atoms with van der Waals surface area (Å²) in [6, 6.07) is 13.4. The Bertz CT molecular complexity index is 1170. The van der Waals surface area contributed by atoms with E-state index in [1.165, 1.54) is 16.2 Å². The van der Waals surface area contributed by atoms with Gasteiger partial charge in [0.2, 0.25) is 0 Å². The third-order valence-corrected chi connectivity index (χ3v) is 5.83. The molecule has 0 aliphatic carbocycles. The van der Waals surface area contributed by atoms with Gasteiger partial charge in [-0.15, -0.1) is 11.3 Å². The maximum atomic E-state index is 6.56. The van der Waals surface area contributed by atoms with Gasteiger partial charge >= 0.3 is 0 Å². The number of halogens is 1. The number of thiazole rings is 1. The molecule has 0 amide bonds. The third kappa shape index (κ3) is 5.37. The van der Waals surface area contributed by atoms with Crippen LogP contribution >= 0.6 is 22.9 Å². The molecule has 0 atom stereocenters. The van der Waals surface area contributed by atoms with E-state index in [-0.39, 0.29) is 0 Å². The minimum Gasteiger partial charge on any atom is -0.494 e. The summed E-state index contributed by atoms with van der Waals surface area (Å²) in [6.45, 7) is 2.53. The molecule has 0 unspecified atom stereocenters. The van der Waals surface area contributed by atoms with Crippen LogP contribution in [0.5, 0.6) is 5.75 Å². The quantitative estimate of drug-likeness (QED) is 0.382. The van der Waals surface area contributed by atoms with Gasteiger partial charge in [-0.05, 0) is 62.6 Å². The number of hydrogen-bond acceptors (Lipinski definition) is 7. The first-order valence-corrected chi connectivity index (χ1v) is 11.2. The number of hydrogen-bond donors (Lipinski definition) is 1. The number of nitrogens with two attached hydrogens (primary N) is 1. The van der Waals surface area contributed by atoms with E-state index in [1.807, 2.05) is 55.6 Å². The molecule has 3 heterocycles. The van der Waals surface area contributed by atoms with Crippen molar-refractivity contribution in [2.45, 2.75) is 26.2 Å². The molecule has 0 radical (unpaired) electrons. The Hall–Kier alpha value is -3.03. The number of nitrogen functional groups attached to an aromatic ring is 1. The zero-order valence-electron chi connectivity index (χ0n) is 17.1. The van der Waals surface area contributed by atoms with E-state index in [2.05, 4.69) is 9.97 Å². The van der Waals surface area contributed by atoms with Crippen molar-refractivity contribution in [3.05, 3.63) is 70.5 Å². The van der Waals surface area contributed by atoms with Crippen molar-refractivity contribution in [1.82, 2.24) is 19.9 Å². The molecule has 0 bridgehead atoms. The number of nitrogens with zero attached hydrogens (tertiary/aromatic N) is 4. The van der Waals surface area contributed by atoms with Gasteiger partial charge in [-0.2, -0.15) is 0 Å². The molecule has 8 heteroatoms. The second-order valence-corrected chi connectivity index (χ2v) is 8.43. The normalized spacial score (nSPS) is 10.9. The lowest BCUT2D eigenvalue weighted by atomic mass is 10.1. The Morgan fingerprint density at radius 3 is 2.65 bits per heavy atom. The molecule has 1 aromatic carbocycles. The average Bonchev–Trinajstić information content (AvgIpc) is 3.19. The van der Waals surface area contributed by atoms with Crippen LogP contribution < -0.4 is 10.5 Å². The molecule has 4 aromatic rings. The number of aryl methyl sites for hydroxylation is 2. The van der Waals surface area contributed by atoms with Crippen molar-refractivity contribution >= 4 is 28.1 Å². The molecule has 0 saturated heterocycles. The van der Waals surface area contributed by atoms with Crippen LogP contribution in [-0.2, 0) is 12.8 Å². The van der Waals surface area contributed by atoms with Gasteiger partial charge in [0.15, 0.2) is 11.0 Å². The van der Waals surface area contributed by atoms with E-state index in [9.17, 15) is 0 Å². The maximum absolute atomic E-state index is 6.56. The molecular weight excluding hydrogens is 430 g/mol. The van der Waals surface area contributed by atoms with Gasteiger partial charge in [0.1, 0.15) is 11.4 Å². The molecule has 0 spiro atoms. The van der Waals surface area contributed by atoms with Crippen LogP contribution in [0.25, 0.3) is 22.8 Å². The fourth-order valence-corrected chi connectivity index (χ4v) is 4.21. The van der Waals surface area contributed by atoms with Crippen molar-refractivity contribution in [2.75, 3.05) is 12.3 Å². The minimum atomic E-state index is 0.583. The van der Waals surface area contributed by atoms with E-state index >= 15 is 0 Å². The summed E-state index contributed by atoms with van der Waals surface area (Å²) in [7, 11) is 0. The Labute approximate surface area is 190 Å². The molecule has 0 fully saturated rings. The predicted molar refractivity (Wildman–Crippen MR) is 125 cm³/mol. The number of benzene rings is 1. The number of rotatable bonds is 8. The van der Waals surface area contributed by atoms with Crippen molar-refractivity contribution in [3.63, 3.8) is 0 Å². The fourth-order valence-electron chi connectivity index (χ4n) is 3.22. The van der Waals surface area contributed by atoms with E-state index in [4.69, 9.17) is 32.0 Å². The lowest BCUT2D eigenvalue weighted by molar-refractivity contribution is 0.340. The monoisotopic (exact) mass is 451 g/mol. The van der Waals surface area contributed by atoms with Crippen LogP contribution in [-0.4, -0.2) is 26.5 Å². The number of ether oxygens (including phenoxy) is 1. The van der Waals surface area contributed by atoms with Crippen LogP contribution in [0.2, 0.25) is 5.02 Å². The number of pyridine rings is 1. The lowest BCUT2D eigenvalue weighted by Gasteiger charge is -2.11. The summed E-state index contributed by atoms with van der Waals surface area (Å²) in [5, 5.41) is 1.18. The first-order valence-electron chi connectivity index (χ1n) is 10.0. The van der Waals surface area contributed by atoms with Crippen molar-refractivity contribution in [2.24, 2.45) is 0 Å². The smallest absolute Gasteiger partial charge is 0.180 e. The Kier molecular flexibility index (Phi) is 6.74. The second kappa shape index (κ2) is 9.85. The van der Waals surface area contributed by atoms with Crippen molar-refractivity contribution < 1.29 is 4.74 Å². The van der Waals surface area contributed by atoms with Gasteiger partial charge in [-0.3, -0.25) is 4.98 Å². The van der Waals surface area contributed by atoms with Gasteiger partial charge < -0.3 is 10.5 Å². The summed E-state index contributed by atoms with van der Waals surface area (Å²) >= 11 is 8.09. The minimum absolute atomic E-state index is 0.583. The fraction of sp³-hybridized carbons (Fsp3) is 0.217. The number of aromatic nitrogens is 4. The first kappa shape index (κ1) is 21.2. The van der Waals surface area contributed by atoms with Crippen LogP contribution in [0.3, 0.4) is 0 Å². The molecule has 6 nitrogen and oxygen atoms in total. The summed E-state index contributed by atoms with van der Waals surface area (Å²) < 4.78 is 5.55. The van der Waals surface area contributed by atoms with Gasteiger partial charge in [-0.1, -0.05) is 17.7 Å². The highest BCUT2D eigenvalue weighted by molar-refractivity contribution is 7.15. The highest BCUT2D eigenvalue weighted by atomic mass is 35.5. The summed E-state index contributed by atoms with van der Waals surface area (Å²) in [5.74, 6) is 1.32. The predicted octanol–water partition coefficient (Wildman–Crippen LogP) is 5.47. The Morgan fingerprint density at radius 2 is 1.94 bits per heavy atom. The standard InChI is InChI=1S/C23H22ClN5OS/c1-2-30-16-9-10-18(19(24)13-16)21-12-15(6-5-7-17-14-27-23(25)31-17)28-22(29-21)20-8-3-4-11-26-20/h3-4,8-14H,2,5-7H2,1H3,(H2,25,27). The average molecular weight is 452 g/mol. The van der Waals surface area contributed by atoms with E-state index < -0.39 is 0 Å². The van der Waals surface area contributed by atoms with E-state index in [1.54, 1.807) is 6.20 Å². The Morgan fingerprint density at radius 1 is 1.03 bits per heavy atom. The highest BCUT2D eigenvalue weighted by Crippen LogP contribution is 2.31. The molecular formula is C23H22ClN5OS. The van der Waals surface area contributed by atoms with Crippen LogP contribution in [0.15, 0.2) is 54.9 Å². The zero-order chi connectivity index (χ0) is 21.6. The highest BCUT2D eigenvalue weighted by Gasteiger charge is 2.13. The molecule has 4 rings (SSSR count). The van der Waals surface area contributed by atoms with Crippen LogP contribution in [0.4, 0.5) is 5.13 Å². The second-order valence-electron chi connectivity index (χ2n) is 6.88. The van der Waals surface area contributed by atoms with Crippen LogP contribution in [0.1, 0.15) is 23.9 Å². The molecule has 31 heavy (non-hydrogen) atoms. The molecule has 0 aliphatic heterocycles. The SMILES string of the molecule is CCOc1ccc(-c2cc(CCCc3cnc(N)s3)nc(-c3ccccn3)n2)c(Cl)c1. The van der Waals surface area contributed by atoms with Gasteiger partial charge in [0.05, 0.1) is 17.3 Å². The van der Waals surface area contributed by atoms with E-state index in [0.717, 1.165) is 47.7 Å². The first-order chi connectivity index (χ1) is 15.1. The topological polar surface area (TPSA) is 86.8 Å². The molecule has 0 saturated carbocycles. The summed E-state index contributed by atoms with van der Waals surface area (Å²) in [4.78, 5) is 19.2.